The summed E-state index contributed by atoms with van der Waals surface area (Å²) in [4.78, 5) is 39.8. The number of aliphatic hydroxyl groups is 2. The lowest BCUT2D eigenvalue weighted by Gasteiger charge is -2.22. The zero-order chi connectivity index (χ0) is 30.9. The van der Waals surface area contributed by atoms with Gasteiger partial charge < -0.3 is 36.0 Å². The highest BCUT2D eigenvalue weighted by Gasteiger charge is 2.35. The van der Waals surface area contributed by atoms with Crippen molar-refractivity contribution in [1.29, 1.82) is 0 Å². The highest BCUT2D eigenvalue weighted by molar-refractivity contribution is 5.92. The Kier molecular flexibility index (Phi) is 8.95. The summed E-state index contributed by atoms with van der Waals surface area (Å²) in [5, 5.41) is 20.7. The third-order valence-electron chi connectivity index (χ3n) is 7.39. The number of carbonyl (C=O) groups excluding carboxylic acids is 2. The molecule has 0 saturated heterocycles. The number of carbonyl (C=O) groups is 2. The van der Waals surface area contributed by atoms with Crippen LogP contribution in [0.2, 0.25) is 0 Å². The minimum absolute atomic E-state index is 0.124. The van der Waals surface area contributed by atoms with Crippen LogP contribution in [-0.2, 0) is 40.3 Å². The van der Waals surface area contributed by atoms with Crippen molar-refractivity contribution in [2.45, 2.75) is 59.3 Å². The Hall–Kier alpha value is -4.33. The molecule has 12 nitrogen and oxygen atoms in total. The fourth-order valence-electron chi connectivity index (χ4n) is 5.54. The largest absolute Gasteiger partial charge is 0.458 e. The zero-order valence-electron chi connectivity index (χ0n) is 23.7. The van der Waals surface area contributed by atoms with Gasteiger partial charge in [-0.1, -0.05) is 13.8 Å². The Morgan fingerprint density at radius 2 is 1.88 bits per heavy atom. The number of primary amides is 1. The van der Waals surface area contributed by atoms with Gasteiger partial charge in [-0.15, -0.1) is 0 Å². The van der Waals surface area contributed by atoms with Crippen LogP contribution in [0.5, 0.6) is 0 Å². The number of ether oxygens (including phenoxy) is 1. The van der Waals surface area contributed by atoms with Gasteiger partial charge in [-0.25, -0.2) is 20.0 Å². The van der Waals surface area contributed by atoms with E-state index < -0.39 is 18.0 Å². The first kappa shape index (κ1) is 30.6. The number of benzene rings is 1. The van der Waals surface area contributed by atoms with Crippen LogP contribution in [-0.4, -0.2) is 49.8 Å². The van der Waals surface area contributed by atoms with Crippen molar-refractivity contribution >= 4 is 22.8 Å². The van der Waals surface area contributed by atoms with E-state index in [4.69, 9.17) is 32.1 Å². The van der Waals surface area contributed by atoms with Crippen LogP contribution in [0.4, 0.5) is 4.39 Å². The Labute approximate surface area is 241 Å². The third-order valence-corrected chi connectivity index (χ3v) is 7.39. The van der Waals surface area contributed by atoms with Gasteiger partial charge in [0.15, 0.2) is 6.10 Å². The lowest BCUT2D eigenvalue weighted by atomic mass is 9.85. The summed E-state index contributed by atoms with van der Waals surface area (Å²) in [6.45, 7) is 5.62. The van der Waals surface area contributed by atoms with Crippen LogP contribution in [0.3, 0.4) is 0 Å². The van der Waals surface area contributed by atoms with Gasteiger partial charge in [-0.3, -0.25) is 9.59 Å². The SMILES string of the molecule is CC.Cc1c(F)cc2nc3c(c4c2c1CCC4)Cn1c-3cc2c(c1=O)COC(=O)C2O.NC(=O)CN(N)/C=C(\N)CO. The molecule has 1 aliphatic carbocycles. The third kappa shape index (κ3) is 5.45. The lowest BCUT2D eigenvalue weighted by Crippen LogP contribution is -2.35. The first-order chi connectivity index (χ1) is 20.0. The number of fused-ring (bicyclic) bond motifs is 5. The molecule has 0 spiro atoms. The number of nitrogens with zero attached hydrogens (tertiary/aromatic N) is 3. The van der Waals surface area contributed by atoms with Crippen molar-refractivity contribution in [2.75, 3.05) is 13.2 Å². The number of rotatable bonds is 4. The van der Waals surface area contributed by atoms with Gasteiger partial charge in [0.2, 0.25) is 5.91 Å². The van der Waals surface area contributed by atoms with Crippen molar-refractivity contribution in [2.24, 2.45) is 17.3 Å². The maximum Gasteiger partial charge on any atom is 0.340 e. The number of amides is 1. The first-order valence-electron chi connectivity index (χ1n) is 13.6. The summed E-state index contributed by atoms with van der Waals surface area (Å²) in [6.07, 6.45) is 2.36. The number of aromatic nitrogens is 2. The van der Waals surface area contributed by atoms with E-state index in [9.17, 15) is 23.9 Å². The number of cyclic esters (lactones) is 1. The number of nitrogens with two attached hydrogens (primary N) is 3. The predicted octanol–water partition coefficient (Wildman–Crippen LogP) is 0.918. The van der Waals surface area contributed by atoms with E-state index >= 15 is 0 Å². The Morgan fingerprint density at radius 3 is 2.55 bits per heavy atom. The minimum Gasteiger partial charge on any atom is -0.458 e. The van der Waals surface area contributed by atoms with Crippen molar-refractivity contribution in [3.05, 3.63) is 73.6 Å². The van der Waals surface area contributed by atoms with Crippen LogP contribution in [0.25, 0.3) is 22.3 Å². The molecule has 224 valence electrons. The second kappa shape index (κ2) is 12.3. The van der Waals surface area contributed by atoms with E-state index in [2.05, 4.69) is 0 Å². The number of aliphatic hydroxyl groups excluding tert-OH is 2. The molecular weight excluding hydrogens is 547 g/mol. The number of halogens is 1. The summed E-state index contributed by atoms with van der Waals surface area (Å²) in [7, 11) is 0. The molecule has 0 radical (unpaired) electrons. The van der Waals surface area contributed by atoms with E-state index in [-0.39, 0.29) is 42.4 Å². The number of aryl methyl sites for hydroxylation is 2. The molecule has 42 heavy (non-hydrogen) atoms. The normalized spacial score (nSPS) is 16.2. The first-order valence-corrected chi connectivity index (χ1v) is 13.6. The molecule has 2 aromatic heterocycles. The molecule has 6 rings (SSSR count). The fraction of sp³-hybridized carbons (Fsp3) is 0.379. The van der Waals surface area contributed by atoms with E-state index in [1.807, 2.05) is 13.8 Å². The Bertz CT molecular complexity index is 1670. The molecule has 0 saturated carbocycles. The topological polar surface area (TPSA) is 200 Å². The van der Waals surface area contributed by atoms with Gasteiger partial charge in [-0.05, 0) is 48.9 Å². The lowest BCUT2D eigenvalue weighted by molar-refractivity contribution is -0.157. The number of hydrogen-bond donors (Lipinski definition) is 5. The molecule has 8 N–H and O–H groups in total. The van der Waals surface area contributed by atoms with Gasteiger partial charge in [0, 0.05) is 28.8 Å². The van der Waals surface area contributed by atoms with Crippen LogP contribution in [0.1, 0.15) is 59.8 Å². The van der Waals surface area contributed by atoms with E-state index in [0.29, 0.717) is 34.6 Å². The number of pyridine rings is 2. The van der Waals surface area contributed by atoms with E-state index in [1.54, 1.807) is 17.6 Å². The molecular formula is C29H35FN6O6. The number of hydrazine groups is 1. The molecule has 3 aliphatic rings. The maximum absolute atomic E-state index is 14.5. The van der Waals surface area contributed by atoms with Crippen molar-refractivity contribution in [3.8, 4) is 11.4 Å². The second-order valence-corrected chi connectivity index (χ2v) is 9.99. The second-order valence-electron chi connectivity index (χ2n) is 9.99. The van der Waals surface area contributed by atoms with Crippen molar-refractivity contribution < 1.29 is 28.9 Å². The molecule has 3 aromatic rings. The van der Waals surface area contributed by atoms with Gasteiger partial charge >= 0.3 is 5.97 Å². The quantitative estimate of drug-likeness (QED) is 0.131. The molecule has 1 amide bonds. The van der Waals surface area contributed by atoms with Gasteiger partial charge in [0.05, 0.1) is 41.3 Å². The monoisotopic (exact) mass is 582 g/mol. The van der Waals surface area contributed by atoms with Gasteiger partial charge in [0.1, 0.15) is 19.0 Å². The zero-order valence-corrected chi connectivity index (χ0v) is 23.7. The molecule has 1 unspecified atom stereocenters. The van der Waals surface area contributed by atoms with Crippen LogP contribution in [0.15, 0.2) is 28.8 Å². The molecule has 2 aliphatic heterocycles. The van der Waals surface area contributed by atoms with E-state index in [0.717, 1.165) is 46.3 Å². The molecule has 0 fully saturated rings. The molecule has 4 heterocycles. The molecule has 13 heteroatoms. The average Bonchev–Trinajstić information content (AvgIpc) is 3.34. The van der Waals surface area contributed by atoms with Gasteiger partial charge in [0.25, 0.3) is 5.56 Å². The maximum atomic E-state index is 14.5. The van der Waals surface area contributed by atoms with Crippen LogP contribution in [0, 0.1) is 12.7 Å². The Morgan fingerprint density at radius 1 is 1.19 bits per heavy atom. The standard InChI is InChI=1S/C22H17FN2O4.C5H12N4O2.C2H6/c1-9-10-3-2-4-11-13-7-25-17(19(13)24-16(18(10)11)6-15(9)23)5-12-14(21(25)27)8-29-22(28)20(12)26;6-4(3-10)1-9(8)2-5(7)11;1-2/h5-6,20,26H,2-4,7-8H2,1H3;1,10H,2-3,6,8H2,(H2,7,11);1-2H3/b;4-1-;. The predicted molar refractivity (Wildman–Crippen MR) is 153 cm³/mol. The van der Waals surface area contributed by atoms with Crippen molar-refractivity contribution in [1.82, 2.24) is 14.6 Å². The smallest absolute Gasteiger partial charge is 0.340 e. The summed E-state index contributed by atoms with van der Waals surface area (Å²) in [6, 6.07) is 3.13. The average molecular weight is 583 g/mol. The molecule has 0 bridgehead atoms. The molecule has 1 aromatic carbocycles. The summed E-state index contributed by atoms with van der Waals surface area (Å²) in [5.41, 5.74) is 16.0. The highest BCUT2D eigenvalue weighted by atomic mass is 19.1. The van der Waals surface area contributed by atoms with E-state index in [1.165, 1.54) is 12.3 Å². The van der Waals surface area contributed by atoms with Gasteiger partial charge in [-0.2, -0.15) is 0 Å². The van der Waals surface area contributed by atoms with Crippen molar-refractivity contribution in [3.63, 3.8) is 0 Å². The molecule has 1 atom stereocenters. The number of hydrogen-bond acceptors (Lipinski definition) is 10. The number of esters is 1. The summed E-state index contributed by atoms with van der Waals surface area (Å²) < 4.78 is 21.1. The van der Waals surface area contributed by atoms with Crippen LogP contribution < -0.4 is 22.9 Å². The minimum atomic E-state index is -1.48. The fourth-order valence-corrected chi connectivity index (χ4v) is 5.54. The summed E-state index contributed by atoms with van der Waals surface area (Å²) >= 11 is 0. The van der Waals surface area contributed by atoms with Crippen LogP contribution >= 0.6 is 0 Å². The summed E-state index contributed by atoms with van der Waals surface area (Å²) in [5.74, 6) is 3.62. The Balaban J connectivity index is 0.000000267. The highest BCUT2D eigenvalue weighted by Crippen LogP contribution is 2.41.